The van der Waals surface area contributed by atoms with Gasteiger partial charge in [-0.15, -0.1) is 0 Å². The predicted molar refractivity (Wildman–Crippen MR) is 81.6 cm³/mol. The van der Waals surface area contributed by atoms with Gasteiger partial charge in [-0.2, -0.15) is 0 Å². The van der Waals surface area contributed by atoms with Crippen LogP contribution in [0.4, 0.5) is 0 Å². The molecule has 3 rings (SSSR count). The third kappa shape index (κ3) is 1.97. The molecule has 0 N–H and O–H groups in total. The number of hydrogen-bond donors (Lipinski definition) is 0. The van der Waals surface area contributed by atoms with Crippen molar-refractivity contribution in [3.8, 4) is 0 Å². The number of fused-ring (bicyclic) bond motifs is 2. The van der Waals surface area contributed by atoms with Crippen molar-refractivity contribution in [2.45, 2.75) is 53.6 Å². The van der Waals surface area contributed by atoms with Gasteiger partial charge in [0.1, 0.15) is 11.9 Å². The molecule has 0 aromatic rings. The first kappa shape index (κ1) is 15.1. The molecule has 118 valence electrons. The number of carbonyl (C=O) groups is 2. The second-order valence-electron chi connectivity index (χ2n) is 6.83. The molecule has 1 aliphatic heterocycles. The minimum Gasteiger partial charge on any atom is -0.462 e. The molecule has 1 heterocycles. The van der Waals surface area contributed by atoms with Crippen LogP contribution in [0.3, 0.4) is 0 Å². The second kappa shape index (κ2) is 4.83. The summed E-state index contributed by atoms with van der Waals surface area (Å²) in [6, 6.07) is 0. The Hall–Kier alpha value is -1.84. The van der Waals surface area contributed by atoms with Crippen LogP contribution >= 0.6 is 0 Å². The summed E-state index contributed by atoms with van der Waals surface area (Å²) in [4.78, 5) is 23.2. The molecule has 0 bridgehead atoms. The van der Waals surface area contributed by atoms with Gasteiger partial charge in [-0.3, -0.25) is 4.79 Å². The molecule has 4 nitrogen and oxygen atoms in total. The van der Waals surface area contributed by atoms with Gasteiger partial charge in [0.25, 0.3) is 0 Å². The molecule has 22 heavy (non-hydrogen) atoms. The van der Waals surface area contributed by atoms with Gasteiger partial charge in [-0.25, -0.2) is 4.79 Å². The minimum atomic E-state index is -0.240. The fourth-order valence-corrected chi connectivity index (χ4v) is 4.06. The van der Waals surface area contributed by atoms with Gasteiger partial charge in [0.15, 0.2) is 0 Å². The van der Waals surface area contributed by atoms with Crippen LogP contribution in [0, 0.1) is 11.3 Å². The number of carbonyl (C=O) groups excluding carboxylic acids is 2. The first-order valence-corrected chi connectivity index (χ1v) is 7.77. The zero-order chi connectivity index (χ0) is 16.2. The van der Waals surface area contributed by atoms with Crippen LogP contribution in [0.25, 0.3) is 0 Å². The zero-order valence-corrected chi connectivity index (χ0v) is 13.8. The molecular formula is C18H22O4. The lowest BCUT2D eigenvalue weighted by Gasteiger charge is -2.47. The second-order valence-corrected chi connectivity index (χ2v) is 6.83. The molecule has 0 saturated carbocycles. The molecule has 0 unspecified atom stereocenters. The Kier molecular flexibility index (Phi) is 3.31. The summed E-state index contributed by atoms with van der Waals surface area (Å²) in [5, 5.41) is 0. The van der Waals surface area contributed by atoms with E-state index in [2.05, 4.69) is 19.9 Å². The molecule has 0 saturated heterocycles. The highest BCUT2D eigenvalue weighted by molar-refractivity contribution is 5.94. The topological polar surface area (TPSA) is 52.6 Å². The van der Waals surface area contributed by atoms with Crippen molar-refractivity contribution in [1.82, 2.24) is 0 Å². The fourth-order valence-electron chi connectivity index (χ4n) is 4.06. The number of ether oxygens (including phenoxy) is 2. The third-order valence-electron chi connectivity index (χ3n) is 5.57. The molecule has 3 atom stereocenters. The zero-order valence-electron chi connectivity index (χ0n) is 13.8. The van der Waals surface area contributed by atoms with Gasteiger partial charge in [0.2, 0.25) is 0 Å². The summed E-state index contributed by atoms with van der Waals surface area (Å²) in [7, 11) is 0. The standard InChI is InChI=1S/C18H22O4/c1-9-13-8-18(5)11(3)15(21-12(4)19)7-6-14(18)10(2)16(13)22-17(9)20/h6,11,15H,7-8H2,1-5H3/t11-,15-,18+/m0/s1. The van der Waals surface area contributed by atoms with Crippen LogP contribution in [0.1, 0.15) is 47.5 Å². The maximum atomic E-state index is 11.9. The Morgan fingerprint density at radius 3 is 2.68 bits per heavy atom. The number of hydrogen-bond acceptors (Lipinski definition) is 4. The van der Waals surface area contributed by atoms with Gasteiger partial charge < -0.3 is 9.47 Å². The maximum absolute atomic E-state index is 11.9. The summed E-state index contributed by atoms with van der Waals surface area (Å²) in [6.45, 7) is 9.62. The van der Waals surface area contributed by atoms with Gasteiger partial charge in [0, 0.05) is 35.8 Å². The highest BCUT2D eigenvalue weighted by Crippen LogP contribution is 2.56. The van der Waals surface area contributed by atoms with E-state index in [4.69, 9.17) is 9.47 Å². The molecule has 0 radical (unpaired) electrons. The van der Waals surface area contributed by atoms with E-state index in [1.807, 2.05) is 13.8 Å². The Morgan fingerprint density at radius 2 is 2.05 bits per heavy atom. The van der Waals surface area contributed by atoms with Gasteiger partial charge in [0.05, 0.1) is 0 Å². The summed E-state index contributed by atoms with van der Waals surface area (Å²) in [5.41, 5.74) is 3.84. The van der Waals surface area contributed by atoms with Crippen LogP contribution in [0.5, 0.6) is 0 Å². The summed E-state index contributed by atoms with van der Waals surface area (Å²) < 4.78 is 10.9. The van der Waals surface area contributed by atoms with E-state index in [9.17, 15) is 9.59 Å². The summed E-state index contributed by atoms with van der Waals surface area (Å²) in [5.74, 6) is 0.445. The molecule has 0 fully saturated rings. The lowest BCUT2D eigenvalue weighted by Crippen LogP contribution is -2.43. The molecule has 0 amide bonds. The highest BCUT2D eigenvalue weighted by Gasteiger charge is 2.49. The molecular weight excluding hydrogens is 280 g/mol. The maximum Gasteiger partial charge on any atom is 0.339 e. The largest absolute Gasteiger partial charge is 0.462 e. The highest BCUT2D eigenvalue weighted by atomic mass is 16.5. The average Bonchev–Trinajstić information content (AvgIpc) is 2.71. The van der Waals surface area contributed by atoms with E-state index in [1.165, 1.54) is 12.5 Å². The predicted octanol–water partition coefficient (Wildman–Crippen LogP) is 3.44. The normalized spacial score (nSPS) is 34.0. The van der Waals surface area contributed by atoms with E-state index in [-0.39, 0.29) is 29.4 Å². The Bertz CT molecular complexity index is 665. The van der Waals surface area contributed by atoms with Crippen molar-refractivity contribution in [2.24, 2.45) is 11.3 Å². The van der Waals surface area contributed by atoms with Crippen molar-refractivity contribution in [3.05, 3.63) is 34.1 Å². The minimum absolute atomic E-state index is 0.112. The van der Waals surface area contributed by atoms with Crippen molar-refractivity contribution in [1.29, 1.82) is 0 Å². The Labute approximate surface area is 130 Å². The molecule has 0 aromatic carbocycles. The average molecular weight is 302 g/mol. The van der Waals surface area contributed by atoms with Crippen molar-refractivity contribution in [3.63, 3.8) is 0 Å². The summed E-state index contributed by atoms with van der Waals surface area (Å²) >= 11 is 0. The van der Waals surface area contributed by atoms with Crippen LogP contribution in [0.2, 0.25) is 0 Å². The smallest absolute Gasteiger partial charge is 0.339 e. The Morgan fingerprint density at radius 1 is 1.36 bits per heavy atom. The molecule has 3 aliphatic rings. The Balaban J connectivity index is 2.08. The number of allylic oxidation sites excluding steroid dienone is 3. The van der Waals surface area contributed by atoms with E-state index in [1.54, 1.807) is 0 Å². The third-order valence-corrected chi connectivity index (χ3v) is 5.57. The van der Waals surface area contributed by atoms with E-state index in [0.29, 0.717) is 12.0 Å². The van der Waals surface area contributed by atoms with Crippen LogP contribution in [-0.4, -0.2) is 18.0 Å². The van der Waals surface area contributed by atoms with Crippen molar-refractivity contribution >= 4 is 11.9 Å². The first-order chi connectivity index (χ1) is 10.3. The number of rotatable bonds is 1. The lowest BCUT2D eigenvalue weighted by atomic mass is 9.58. The van der Waals surface area contributed by atoms with Crippen LogP contribution in [0.15, 0.2) is 34.1 Å². The van der Waals surface area contributed by atoms with E-state index in [0.717, 1.165) is 23.3 Å². The molecule has 0 aromatic heterocycles. The molecule has 4 heteroatoms. The summed E-state index contributed by atoms with van der Waals surface area (Å²) in [6.07, 6.45) is 3.50. The van der Waals surface area contributed by atoms with Crippen molar-refractivity contribution in [2.75, 3.05) is 0 Å². The van der Waals surface area contributed by atoms with E-state index >= 15 is 0 Å². The molecule has 0 spiro atoms. The monoisotopic (exact) mass is 302 g/mol. The van der Waals surface area contributed by atoms with Gasteiger partial charge >= 0.3 is 11.9 Å². The number of esters is 2. The SMILES string of the molecule is CC(=O)O[C@H]1CC=C2C(C)=C3OC(=O)C(C)=C3C[C@]2(C)[C@H]1C. The van der Waals surface area contributed by atoms with Crippen LogP contribution in [-0.2, 0) is 19.1 Å². The quantitative estimate of drug-likeness (QED) is 0.696. The first-order valence-electron chi connectivity index (χ1n) is 7.77. The van der Waals surface area contributed by atoms with Crippen LogP contribution < -0.4 is 0 Å². The van der Waals surface area contributed by atoms with Crippen molar-refractivity contribution < 1.29 is 19.1 Å². The molecule has 2 aliphatic carbocycles. The lowest BCUT2D eigenvalue weighted by molar-refractivity contribution is -0.151. The fraction of sp³-hybridized carbons (Fsp3) is 0.556. The van der Waals surface area contributed by atoms with E-state index < -0.39 is 0 Å². The van der Waals surface area contributed by atoms with Gasteiger partial charge in [-0.05, 0) is 31.4 Å². The van der Waals surface area contributed by atoms with Gasteiger partial charge in [-0.1, -0.05) is 19.9 Å².